The van der Waals surface area contributed by atoms with Crippen molar-refractivity contribution in [1.82, 2.24) is 10.7 Å². The molecule has 2 aromatic rings. The fourth-order valence-electron chi connectivity index (χ4n) is 2.15. The number of ether oxygens (including phenoxy) is 1. The van der Waals surface area contributed by atoms with E-state index in [1.54, 1.807) is 30.3 Å². The van der Waals surface area contributed by atoms with Gasteiger partial charge in [-0.1, -0.05) is 31.0 Å². The Morgan fingerprint density at radius 3 is 2.61 bits per heavy atom. The Kier molecular flexibility index (Phi) is 8.42. The second-order valence-electron chi connectivity index (χ2n) is 5.87. The predicted octanol–water partition coefficient (Wildman–Crippen LogP) is 3.42. The fourth-order valence-corrected chi connectivity index (χ4v) is 2.37. The minimum absolute atomic E-state index is 0.00213. The maximum absolute atomic E-state index is 13.7. The number of benzene rings is 2. The molecule has 0 saturated carbocycles. The first-order chi connectivity index (χ1) is 13.5. The van der Waals surface area contributed by atoms with E-state index in [2.05, 4.69) is 15.8 Å². The van der Waals surface area contributed by atoms with Gasteiger partial charge in [0.2, 0.25) is 0 Å². The van der Waals surface area contributed by atoms with Crippen LogP contribution in [-0.4, -0.2) is 24.6 Å². The molecule has 0 atom stereocenters. The fraction of sp³-hybridized carbons (Fsp3) is 0.250. The Balaban J connectivity index is 1.83. The van der Waals surface area contributed by atoms with Gasteiger partial charge in [0.1, 0.15) is 18.2 Å². The summed E-state index contributed by atoms with van der Waals surface area (Å²) in [6, 6.07) is 11.2. The molecular weight excluding hydrogens is 385 g/mol. The van der Waals surface area contributed by atoms with Crippen LogP contribution in [0.4, 0.5) is 4.39 Å². The van der Waals surface area contributed by atoms with E-state index in [1.807, 2.05) is 6.92 Å². The smallest absolute Gasteiger partial charge is 0.329 e. The van der Waals surface area contributed by atoms with E-state index >= 15 is 0 Å². The first kappa shape index (κ1) is 21.4. The van der Waals surface area contributed by atoms with Gasteiger partial charge < -0.3 is 10.1 Å². The van der Waals surface area contributed by atoms with Crippen molar-refractivity contribution in [3.63, 3.8) is 0 Å². The maximum atomic E-state index is 13.7. The summed E-state index contributed by atoms with van der Waals surface area (Å²) in [5.74, 6) is -1.45. The van der Waals surface area contributed by atoms with Crippen molar-refractivity contribution < 1.29 is 18.7 Å². The Morgan fingerprint density at radius 2 is 1.93 bits per heavy atom. The molecule has 28 heavy (non-hydrogen) atoms. The predicted molar refractivity (Wildman–Crippen MR) is 106 cm³/mol. The first-order valence-corrected chi connectivity index (χ1v) is 9.16. The molecule has 6 nitrogen and oxygen atoms in total. The molecular formula is C20H21ClFN3O3. The number of amides is 2. The van der Waals surface area contributed by atoms with E-state index < -0.39 is 17.6 Å². The van der Waals surface area contributed by atoms with E-state index in [-0.39, 0.29) is 12.2 Å². The molecule has 0 aromatic heterocycles. The SMILES string of the molecule is CCCCNC(=O)C(=O)N/N=C\c1ccc(OCc2c(F)cccc2Cl)cc1. The molecule has 0 spiro atoms. The number of nitrogens with zero attached hydrogens (tertiary/aromatic N) is 1. The Bertz CT molecular complexity index is 821. The van der Waals surface area contributed by atoms with E-state index in [0.29, 0.717) is 22.9 Å². The van der Waals surface area contributed by atoms with Gasteiger partial charge in [-0.25, -0.2) is 9.82 Å². The zero-order chi connectivity index (χ0) is 20.4. The molecule has 0 fully saturated rings. The third-order valence-electron chi connectivity index (χ3n) is 3.73. The number of rotatable bonds is 8. The second kappa shape index (κ2) is 11.0. The van der Waals surface area contributed by atoms with Gasteiger partial charge in [0.05, 0.1) is 11.2 Å². The summed E-state index contributed by atoms with van der Waals surface area (Å²) in [5, 5.41) is 6.55. The molecule has 0 unspecified atom stereocenters. The Morgan fingerprint density at radius 1 is 1.18 bits per heavy atom. The van der Waals surface area contributed by atoms with Gasteiger partial charge in [-0.2, -0.15) is 5.10 Å². The van der Waals surface area contributed by atoms with Crippen molar-refractivity contribution in [3.05, 3.63) is 64.4 Å². The number of carbonyl (C=O) groups is 2. The largest absolute Gasteiger partial charge is 0.489 e. The molecule has 0 saturated heterocycles. The van der Waals surface area contributed by atoms with Crippen LogP contribution in [0.3, 0.4) is 0 Å². The van der Waals surface area contributed by atoms with Crippen LogP contribution in [0.5, 0.6) is 5.75 Å². The minimum atomic E-state index is -0.825. The van der Waals surface area contributed by atoms with Crippen molar-refractivity contribution in [2.45, 2.75) is 26.4 Å². The minimum Gasteiger partial charge on any atom is -0.489 e. The molecule has 2 N–H and O–H groups in total. The highest BCUT2D eigenvalue weighted by molar-refractivity contribution is 6.35. The summed E-state index contributed by atoms with van der Waals surface area (Å²) < 4.78 is 19.3. The van der Waals surface area contributed by atoms with Gasteiger partial charge in [-0.05, 0) is 48.4 Å². The third kappa shape index (κ3) is 6.66. The van der Waals surface area contributed by atoms with Crippen LogP contribution in [0.15, 0.2) is 47.6 Å². The number of hydrazone groups is 1. The number of halogens is 2. The van der Waals surface area contributed by atoms with E-state index in [1.165, 1.54) is 18.3 Å². The van der Waals surface area contributed by atoms with E-state index in [0.717, 1.165) is 12.8 Å². The molecule has 0 aliphatic rings. The number of carbonyl (C=O) groups excluding carboxylic acids is 2. The van der Waals surface area contributed by atoms with Gasteiger partial charge in [0.15, 0.2) is 0 Å². The highest BCUT2D eigenvalue weighted by Crippen LogP contribution is 2.21. The molecule has 0 radical (unpaired) electrons. The topological polar surface area (TPSA) is 79.8 Å². The summed E-state index contributed by atoms with van der Waals surface area (Å²) in [7, 11) is 0. The highest BCUT2D eigenvalue weighted by Gasteiger charge is 2.11. The van der Waals surface area contributed by atoms with Gasteiger partial charge in [0.25, 0.3) is 0 Å². The Labute approximate surface area is 167 Å². The standard InChI is InChI=1S/C20H21ClFN3O3/c1-2-3-11-23-19(26)20(27)25-24-12-14-7-9-15(10-8-14)28-13-16-17(21)5-4-6-18(16)22/h4-10,12H,2-3,11,13H2,1H3,(H,23,26)(H,25,27)/b24-12-. The lowest BCUT2D eigenvalue weighted by molar-refractivity contribution is -0.139. The molecule has 0 bridgehead atoms. The summed E-state index contributed by atoms with van der Waals surface area (Å²) in [6.07, 6.45) is 3.13. The molecule has 148 valence electrons. The lowest BCUT2D eigenvalue weighted by Gasteiger charge is -2.08. The average Bonchev–Trinajstić information content (AvgIpc) is 2.68. The normalized spacial score (nSPS) is 10.7. The third-order valence-corrected chi connectivity index (χ3v) is 4.08. The number of hydrogen-bond acceptors (Lipinski definition) is 4. The van der Waals surface area contributed by atoms with Gasteiger partial charge in [-0.3, -0.25) is 9.59 Å². The van der Waals surface area contributed by atoms with E-state index in [9.17, 15) is 14.0 Å². The second-order valence-corrected chi connectivity index (χ2v) is 6.27. The molecule has 2 aromatic carbocycles. The average molecular weight is 406 g/mol. The number of nitrogens with one attached hydrogen (secondary N) is 2. The van der Waals surface area contributed by atoms with Crippen LogP contribution in [0.25, 0.3) is 0 Å². The van der Waals surface area contributed by atoms with Crippen molar-refractivity contribution in [2.24, 2.45) is 5.10 Å². The summed E-state index contributed by atoms with van der Waals surface area (Å²) in [6.45, 7) is 2.44. The molecule has 2 rings (SSSR count). The number of hydrogen-bond donors (Lipinski definition) is 2. The van der Waals surface area contributed by atoms with Crippen LogP contribution in [0.2, 0.25) is 5.02 Å². The molecule has 0 heterocycles. The summed E-state index contributed by atoms with van der Waals surface area (Å²) in [5.41, 5.74) is 3.13. The van der Waals surface area contributed by atoms with Crippen LogP contribution in [-0.2, 0) is 16.2 Å². The van der Waals surface area contributed by atoms with Crippen LogP contribution in [0.1, 0.15) is 30.9 Å². The lowest BCUT2D eigenvalue weighted by Crippen LogP contribution is -2.38. The molecule has 8 heteroatoms. The highest BCUT2D eigenvalue weighted by atomic mass is 35.5. The zero-order valence-corrected chi connectivity index (χ0v) is 16.1. The quantitative estimate of drug-likeness (QED) is 0.305. The van der Waals surface area contributed by atoms with Crippen molar-refractivity contribution >= 4 is 29.6 Å². The lowest BCUT2D eigenvalue weighted by atomic mass is 10.2. The van der Waals surface area contributed by atoms with Crippen molar-refractivity contribution in [2.75, 3.05) is 6.54 Å². The van der Waals surface area contributed by atoms with E-state index in [4.69, 9.17) is 16.3 Å². The van der Waals surface area contributed by atoms with Crippen molar-refractivity contribution in [1.29, 1.82) is 0 Å². The zero-order valence-electron chi connectivity index (χ0n) is 15.4. The van der Waals surface area contributed by atoms with Crippen LogP contribution < -0.4 is 15.5 Å². The first-order valence-electron chi connectivity index (χ1n) is 8.78. The summed E-state index contributed by atoms with van der Waals surface area (Å²) in [4.78, 5) is 23.1. The monoisotopic (exact) mass is 405 g/mol. The molecule has 0 aliphatic carbocycles. The number of unbranched alkanes of at least 4 members (excludes halogenated alkanes) is 1. The van der Waals surface area contributed by atoms with Gasteiger partial charge in [-0.15, -0.1) is 0 Å². The Hall–Kier alpha value is -2.93. The van der Waals surface area contributed by atoms with Crippen LogP contribution in [0, 0.1) is 5.82 Å². The van der Waals surface area contributed by atoms with Gasteiger partial charge >= 0.3 is 11.8 Å². The summed E-state index contributed by atoms with van der Waals surface area (Å²) >= 11 is 5.96. The van der Waals surface area contributed by atoms with Crippen LogP contribution >= 0.6 is 11.6 Å². The molecule has 2 amide bonds. The van der Waals surface area contributed by atoms with Gasteiger partial charge in [0, 0.05) is 12.1 Å². The maximum Gasteiger partial charge on any atom is 0.329 e. The molecule has 0 aliphatic heterocycles. The van der Waals surface area contributed by atoms with Crippen molar-refractivity contribution in [3.8, 4) is 5.75 Å².